The number of tetrazole rings is 1. The van der Waals surface area contributed by atoms with Gasteiger partial charge in [0.15, 0.2) is 5.82 Å². The molecule has 8 nitrogen and oxygen atoms in total. The number of benzene rings is 1. The minimum absolute atomic E-state index is 0.0252. The molecule has 8 heteroatoms. The number of pyridine rings is 1. The molecule has 3 aromatic heterocycles. The standard InChI is InChI=1S/C25H30N6O2/c1-2-18-10-11-23-19(13-18)14-20(25(32)26-23)15-30(21-7-4-3-5-8-21)17-24-27-28-29-31(24)16-22-9-6-12-33-22/h6,9-14,21H,2-5,7-8,15-17H2,1H3,(H,26,32). The van der Waals surface area contributed by atoms with E-state index in [0.29, 0.717) is 25.7 Å². The summed E-state index contributed by atoms with van der Waals surface area (Å²) in [4.78, 5) is 18.4. The monoisotopic (exact) mass is 446 g/mol. The summed E-state index contributed by atoms with van der Waals surface area (Å²) in [5.41, 5.74) is 2.91. The number of nitrogens with zero attached hydrogens (tertiary/aromatic N) is 5. The van der Waals surface area contributed by atoms with E-state index in [1.807, 2.05) is 18.2 Å². The van der Waals surface area contributed by atoms with Gasteiger partial charge in [0, 0.05) is 23.7 Å². The molecule has 1 N–H and O–H groups in total. The van der Waals surface area contributed by atoms with Crippen molar-refractivity contribution in [2.75, 3.05) is 0 Å². The third-order valence-electron chi connectivity index (χ3n) is 6.69. The van der Waals surface area contributed by atoms with Crippen LogP contribution in [0, 0.1) is 0 Å². The van der Waals surface area contributed by atoms with Gasteiger partial charge in [-0.1, -0.05) is 32.3 Å². The second kappa shape index (κ2) is 9.70. The van der Waals surface area contributed by atoms with Crippen molar-refractivity contribution in [2.24, 2.45) is 0 Å². The molecule has 0 bridgehead atoms. The van der Waals surface area contributed by atoms with Gasteiger partial charge in [0.25, 0.3) is 5.56 Å². The Morgan fingerprint density at radius 3 is 2.82 bits per heavy atom. The van der Waals surface area contributed by atoms with Crippen LogP contribution in [-0.4, -0.2) is 36.1 Å². The summed E-state index contributed by atoms with van der Waals surface area (Å²) < 4.78 is 7.26. The number of aryl methyl sites for hydroxylation is 1. The molecule has 0 radical (unpaired) electrons. The predicted molar refractivity (Wildman–Crippen MR) is 126 cm³/mol. The van der Waals surface area contributed by atoms with E-state index in [9.17, 15) is 4.79 Å². The topological polar surface area (TPSA) is 92.8 Å². The Balaban J connectivity index is 1.43. The van der Waals surface area contributed by atoms with Crippen molar-refractivity contribution in [3.05, 3.63) is 75.7 Å². The first-order valence-electron chi connectivity index (χ1n) is 11.9. The third kappa shape index (κ3) is 4.90. The minimum Gasteiger partial charge on any atom is -0.467 e. The van der Waals surface area contributed by atoms with Crippen molar-refractivity contribution in [3.63, 3.8) is 0 Å². The molecule has 3 heterocycles. The normalized spacial score (nSPS) is 15.0. The van der Waals surface area contributed by atoms with Crippen molar-refractivity contribution in [1.82, 2.24) is 30.1 Å². The Hall–Kier alpha value is -3.26. The molecule has 0 aliphatic heterocycles. The molecular weight excluding hydrogens is 416 g/mol. The zero-order chi connectivity index (χ0) is 22.6. The van der Waals surface area contributed by atoms with Crippen molar-refractivity contribution in [1.29, 1.82) is 0 Å². The van der Waals surface area contributed by atoms with Gasteiger partial charge in [0.2, 0.25) is 0 Å². The SMILES string of the molecule is CCc1ccc2[nH]c(=O)c(CN(Cc3nnnn3Cc3ccco3)C3CCCCC3)cc2c1. The van der Waals surface area contributed by atoms with Gasteiger partial charge in [-0.3, -0.25) is 9.69 Å². The predicted octanol–water partition coefficient (Wildman–Crippen LogP) is 4.05. The number of aromatic nitrogens is 5. The fourth-order valence-electron chi connectivity index (χ4n) is 4.81. The van der Waals surface area contributed by atoms with Crippen molar-refractivity contribution < 1.29 is 4.42 Å². The summed E-state index contributed by atoms with van der Waals surface area (Å²) in [6.07, 6.45) is 8.59. The maximum atomic E-state index is 12.9. The van der Waals surface area contributed by atoms with Crippen LogP contribution in [0.4, 0.5) is 0 Å². The van der Waals surface area contributed by atoms with Gasteiger partial charge in [-0.15, -0.1) is 5.10 Å². The van der Waals surface area contributed by atoms with E-state index in [4.69, 9.17) is 4.42 Å². The number of rotatable bonds is 8. The molecule has 1 aromatic carbocycles. The Morgan fingerprint density at radius 1 is 1.15 bits per heavy atom. The Labute approximate surface area is 192 Å². The number of nitrogens with one attached hydrogen (secondary N) is 1. The highest BCUT2D eigenvalue weighted by Gasteiger charge is 2.24. The van der Waals surface area contributed by atoms with Crippen LogP contribution < -0.4 is 5.56 Å². The summed E-state index contributed by atoms with van der Waals surface area (Å²) >= 11 is 0. The zero-order valence-corrected chi connectivity index (χ0v) is 19.0. The molecule has 0 atom stereocenters. The van der Waals surface area contributed by atoms with E-state index < -0.39 is 0 Å². The first-order valence-corrected chi connectivity index (χ1v) is 11.9. The fraction of sp³-hybridized carbons (Fsp3) is 0.440. The van der Waals surface area contributed by atoms with Crippen LogP contribution in [0.2, 0.25) is 0 Å². The van der Waals surface area contributed by atoms with Gasteiger partial charge in [-0.05, 0) is 71.0 Å². The molecule has 0 amide bonds. The molecule has 0 saturated heterocycles. The molecule has 1 saturated carbocycles. The lowest BCUT2D eigenvalue weighted by molar-refractivity contribution is 0.133. The van der Waals surface area contributed by atoms with E-state index in [1.165, 1.54) is 24.8 Å². The molecule has 0 unspecified atom stereocenters. The van der Waals surface area contributed by atoms with Gasteiger partial charge in [-0.25, -0.2) is 4.68 Å². The van der Waals surface area contributed by atoms with Crippen LogP contribution in [0.1, 0.15) is 61.7 Å². The maximum Gasteiger partial charge on any atom is 0.252 e. The van der Waals surface area contributed by atoms with E-state index in [0.717, 1.165) is 47.3 Å². The summed E-state index contributed by atoms with van der Waals surface area (Å²) in [6.45, 7) is 3.79. The molecule has 172 valence electrons. The molecule has 5 rings (SSSR count). The largest absolute Gasteiger partial charge is 0.467 e. The molecular formula is C25H30N6O2. The first kappa shape index (κ1) is 21.6. The highest BCUT2D eigenvalue weighted by molar-refractivity contribution is 5.79. The number of aromatic amines is 1. The van der Waals surface area contributed by atoms with Crippen LogP contribution in [0.15, 0.2) is 51.9 Å². The Bertz CT molecular complexity index is 1250. The molecule has 1 fully saturated rings. The minimum atomic E-state index is -0.0252. The number of hydrogen-bond acceptors (Lipinski definition) is 6. The third-order valence-corrected chi connectivity index (χ3v) is 6.69. The summed E-state index contributed by atoms with van der Waals surface area (Å²) in [5.74, 6) is 1.59. The average molecular weight is 447 g/mol. The molecule has 4 aromatic rings. The van der Waals surface area contributed by atoms with Gasteiger partial charge in [-0.2, -0.15) is 0 Å². The Kier molecular flexibility index (Phi) is 6.35. The summed E-state index contributed by atoms with van der Waals surface area (Å²) in [7, 11) is 0. The second-order valence-electron chi connectivity index (χ2n) is 8.93. The van der Waals surface area contributed by atoms with Crippen molar-refractivity contribution in [2.45, 2.75) is 71.1 Å². The van der Waals surface area contributed by atoms with Crippen LogP contribution in [0.5, 0.6) is 0 Å². The van der Waals surface area contributed by atoms with Gasteiger partial charge in [0.05, 0.1) is 12.8 Å². The zero-order valence-electron chi connectivity index (χ0n) is 19.0. The van der Waals surface area contributed by atoms with E-state index >= 15 is 0 Å². The quantitative estimate of drug-likeness (QED) is 0.439. The summed E-state index contributed by atoms with van der Waals surface area (Å²) in [5, 5.41) is 13.5. The number of fused-ring (bicyclic) bond motifs is 1. The number of H-pyrrole nitrogens is 1. The molecule has 1 aliphatic rings. The van der Waals surface area contributed by atoms with Crippen LogP contribution >= 0.6 is 0 Å². The lowest BCUT2D eigenvalue weighted by Gasteiger charge is -2.33. The highest BCUT2D eigenvalue weighted by atomic mass is 16.3. The van der Waals surface area contributed by atoms with Gasteiger partial charge in [0.1, 0.15) is 12.3 Å². The fourth-order valence-corrected chi connectivity index (χ4v) is 4.81. The first-order chi connectivity index (χ1) is 16.2. The average Bonchev–Trinajstić information content (AvgIpc) is 3.52. The van der Waals surface area contributed by atoms with Crippen molar-refractivity contribution in [3.8, 4) is 0 Å². The number of furan rings is 1. The second-order valence-corrected chi connectivity index (χ2v) is 8.93. The van der Waals surface area contributed by atoms with E-state index in [1.54, 1.807) is 10.9 Å². The van der Waals surface area contributed by atoms with Crippen LogP contribution in [-0.2, 0) is 26.1 Å². The molecule has 0 spiro atoms. The maximum absolute atomic E-state index is 12.9. The molecule has 33 heavy (non-hydrogen) atoms. The lowest BCUT2D eigenvalue weighted by atomic mass is 9.93. The number of hydrogen-bond donors (Lipinski definition) is 1. The van der Waals surface area contributed by atoms with Crippen LogP contribution in [0.3, 0.4) is 0 Å². The molecule has 1 aliphatic carbocycles. The Morgan fingerprint density at radius 2 is 2.03 bits per heavy atom. The van der Waals surface area contributed by atoms with Crippen molar-refractivity contribution >= 4 is 10.9 Å². The van der Waals surface area contributed by atoms with Gasteiger partial charge < -0.3 is 9.40 Å². The van der Waals surface area contributed by atoms with E-state index in [-0.39, 0.29) is 5.56 Å². The van der Waals surface area contributed by atoms with Gasteiger partial charge >= 0.3 is 0 Å². The smallest absolute Gasteiger partial charge is 0.252 e. The lowest BCUT2D eigenvalue weighted by Crippen LogP contribution is -2.38. The van der Waals surface area contributed by atoms with E-state index in [2.05, 4.69) is 50.5 Å². The highest BCUT2D eigenvalue weighted by Crippen LogP contribution is 2.25. The summed E-state index contributed by atoms with van der Waals surface area (Å²) in [6, 6.07) is 12.5. The van der Waals surface area contributed by atoms with Crippen LogP contribution in [0.25, 0.3) is 10.9 Å².